The van der Waals surface area contributed by atoms with Crippen molar-refractivity contribution in [2.45, 2.75) is 39.5 Å². The minimum atomic E-state index is -0.651. The molecular weight excluding hydrogens is 568 g/mol. The molecule has 3 rings (SSSR count). The summed E-state index contributed by atoms with van der Waals surface area (Å²) in [5, 5.41) is 0. The van der Waals surface area contributed by atoms with E-state index in [4.69, 9.17) is 18.9 Å². The predicted molar refractivity (Wildman–Crippen MR) is 147 cm³/mol. The van der Waals surface area contributed by atoms with Gasteiger partial charge in [-0.1, -0.05) is 26.7 Å². The van der Waals surface area contributed by atoms with Gasteiger partial charge in [0.15, 0.2) is 0 Å². The largest absolute Gasteiger partial charge is 0.462 e. The molecule has 204 valence electrons. The second-order valence-corrected chi connectivity index (χ2v) is 9.36. The summed E-state index contributed by atoms with van der Waals surface area (Å²) in [7, 11) is 0. The average Bonchev–Trinajstić information content (AvgIpc) is 2.93. The smallest absolute Gasteiger partial charge is 0.344 e. The van der Waals surface area contributed by atoms with Crippen LogP contribution in [0.2, 0.25) is 0 Å². The number of rotatable bonds is 12. The predicted octanol–water partition coefficient (Wildman–Crippen LogP) is 6.80. The fourth-order valence-corrected chi connectivity index (χ4v) is 3.78. The van der Waals surface area contributed by atoms with Gasteiger partial charge in [-0.05, 0) is 95.5 Å². The zero-order valence-corrected chi connectivity index (χ0v) is 23.3. The van der Waals surface area contributed by atoms with Gasteiger partial charge in [0, 0.05) is 4.47 Å². The summed E-state index contributed by atoms with van der Waals surface area (Å²) >= 11 is 3.31. The van der Waals surface area contributed by atoms with Gasteiger partial charge in [-0.15, -0.1) is 0 Å². The molecule has 0 aliphatic heterocycles. The van der Waals surface area contributed by atoms with Crippen LogP contribution in [0.4, 0.5) is 0 Å². The van der Waals surface area contributed by atoms with Crippen LogP contribution in [0.3, 0.4) is 0 Å². The topological polar surface area (TPSA) is 105 Å². The van der Waals surface area contributed by atoms with E-state index in [1.807, 2.05) is 13.8 Å². The van der Waals surface area contributed by atoms with Crippen LogP contribution >= 0.6 is 15.9 Å². The minimum Gasteiger partial charge on any atom is -0.462 e. The molecule has 0 saturated carbocycles. The molecular formula is C30H29BrO8. The van der Waals surface area contributed by atoms with Gasteiger partial charge in [-0.2, -0.15) is 0 Å². The molecule has 0 amide bonds. The van der Waals surface area contributed by atoms with E-state index >= 15 is 0 Å². The Hall–Kier alpha value is -3.98. The van der Waals surface area contributed by atoms with Gasteiger partial charge in [-0.3, -0.25) is 0 Å². The molecule has 0 spiro atoms. The van der Waals surface area contributed by atoms with Crippen LogP contribution in [0.15, 0.2) is 71.2 Å². The number of hydrogen-bond acceptors (Lipinski definition) is 8. The van der Waals surface area contributed by atoms with Crippen molar-refractivity contribution in [1.82, 2.24) is 0 Å². The summed E-state index contributed by atoms with van der Waals surface area (Å²) in [5.74, 6) is -1.67. The monoisotopic (exact) mass is 596 g/mol. The Labute approximate surface area is 235 Å². The number of esters is 4. The maximum Gasteiger partial charge on any atom is 0.344 e. The Balaban J connectivity index is 1.57. The van der Waals surface area contributed by atoms with Gasteiger partial charge in [0.2, 0.25) is 0 Å². The Bertz CT molecular complexity index is 1300. The normalized spacial score (nSPS) is 10.4. The molecule has 0 aliphatic carbocycles. The number of halogens is 1. The van der Waals surface area contributed by atoms with Crippen LogP contribution in [0, 0.1) is 0 Å². The maximum absolute atomic E-state index is 12.7. The second kappa shape index (κ2) is 14.8. The van der Waals surface area contributed by atoms with Crippen LogP contribution in [0.5, 0.6) is 11.5 Å². The van der Waals surface area contributed by atoms with Crippen LogP contribution in [0.1, 0.15) is 81.0 Å². The first-order valence-electron chi connectivity index (χ1n) is 12.6. The van der Waals surface area contributed by atoms with Crippen LogP contribution in [-0.4, -0.2) is 37.1 Å². The van der Waals surface area contributed by atoms with Crippen LogP contribution < -0.4 is 9.47 Å². The molecule has 0 N–H and O–H groups in total. The van der Waals surface area contributed by atoms with Crippen molar-refractivity contribution in [3.63, 3.8) is 0 Å². The van der Waals surface area contributed by atoms with Crippen molar-refractivity contribution in [2.75, 3.05) is 13.2 Å². The highest BCUT2D eigenvalue weighted by Gasteiger charge is 2.17. The van der Waals surface area contributed by atoms with Crippen molar-refractivity contribution in [2.24, 2.45) is 0 Å². The van der Waals surface area contributed by atoms with Crippen molar-refractivity contribution in [3.8, 4) is 11.5 Å². The molecule has 3 aromatic carbocycles. The molecule has 3 aromatic rings. The fraction of sp³-hybridized carbons (Fsp3) is 0.267. The standard InChI is InChI=1S/C30H29BrO8/c1-3-5-17-36-27(32)20-7-12-23(13-8-20)38-29(34)22-11-16-25(26(31)19-22)30(35)39-24-14-9-21(10-15-24)28(33)37-18-6-4-2/h7-16,19H,3-6,17-18H2,1-2H3. The quantitative estimate of drug-likeness (QED) is 0.128. The highest BCUT2D eigenvalue weighted by Crippen LogP contribution is 2.23. The number of carbonyl (C=O) groups excluding carboxylic acids is 4. The SMILES string of the molecule is CCCCOC(=O)c1ccc(OC(=O)c2ccc(C(=O)Oc3ccc(C(=O)OCCCC)cc3)c(Br)c2)cc1. The molecule has 0 aromatic heterocycles. The first-order chi connectivity index (χ1) is 18.8. The Morgan fingerprint density at radius 1 is 0.590 bits per heavy atom. The van der Waals surface area contributed by atoms with Crippen molar-refractivity contribution >= 4 is 39.8 Å². The molecule has 0 radical (unpaired) electrons. The van der Waals surface area contributed by atoms with E-state index in [-0.39, 0.29) is 22.6 Å². The third kappa shape index (κ3) is 8.78. The third-order valence-corrected chi connectivity index (χ3v) is 6.14. The first kappa shape index (κ1) is 29.6. The third-order valence-electron chi connectivity index (χ3n) is 5.49. The van der Waals surface area contributed by atoms with E-state index in [1.54, 1.807) is 0 Å². The average molecular weight is 597 g/mol. The molecule has 0 atom stereocenters. The maximum atomic E-state index is 12.7. The summed E-state index contributed by atoms with van der Waals surface area (Å²) in [6, 6.07) is 16.4. The fourth-order valence-electron chi connectivity index (χ4n) is 3.24. The van der Waals surface area contributed by atoms with Gasteiger partial charge in [0.1, 0.15) is 11.5 Å². The van der Waals surface area contributed by atoms with E-state index in [9.17, 15) is 19.2 Å². The van der Waals surface area contributed by atoms with Crippen molar-refractivity contribution < 1.29 is 38.1 Å². The van der Waals surface area contributed by atoms with E-state index in [0.717, 1.165) is 25.7 Å². The molecule has 39 heavy (non-hydrogen) atoms. The number of unbranched alkanes of at least 4 members (excludes halogenated alkanes) is 2. The molecule has 9 heteroatoms. The molecule has 0 saturated heterocycles. The summed E-state index contributed by atoms with van der Waals surface area (Å²) < 4.78 is 21.4. The Kier molecular flexibility index (Phi) is 11.2. The number of hydrogen-bond donors (Lipinski definition) is 0. The zero-order valence-electron chi connectivity index (χ0n) is 21.7. The van der Waals surface area contributed by atoms with E-state index < -0.39 is 23.9 Å². The number of benzene rings is 3. The lowest BCUT2D eigenvalue weighted by atomic mass is 10.1. The first-order valence-corrected chi connectivity index (χ1v) is 13.4. The van der Waals surface area contributed by atoms with Gasteiger partial charge in [-0.25, -0.2) is 19.2 Å². The second-order valence-electron chi connectivity index (χ2n) is 8.50. The number of carbonyl (C=O) groups is 4. The highest BCUT2D eigenvalue weighted by atomic mass is 79.9. The summed E-state index contributed by atoms with van der Waals surface area (Å²) in [4.78, 5) is 49.3. The van der Waals surface area contributed by atoms with Gasteiger partial charge < -0.3 is 18.9 Å². The Morgan fingerprint density at radius 2 is 1.03 bits per heavy atom. The number of ether oxygens (including phenoxy) is 4. The van der Waals surface area contributed by atoms with E-state index in [0.29, 0.717) is 28.8 Å². The Morgan fingerprint density at radius 3 is 1.46 bits per heavy atom. The van der Waals surface area contributed by atoms with Crippen molar-refractivity contribution in [1.29, 1.82) is 0 Å². The zero-order chi connectivity index (χ0) is 28.2. The summed E-state index contributed by atoms with van der Waals surface area (Å²) in [6.07, 6.45) is 3.42. The van der Waals surface area contributed by atoms with Gasteiger partial charge >= 0.3 is 23.9 Å². The van der Waals surface area contributed by atoms with Gasteiger partial charge in [0.25, 0.3) is 0 Å². The molecule has 0 aliphatic rings. The lowest BCUT2D eigenvalue weighted by Crippen LogP contribution is -2.12. The van der Waals surface area contributed by atoms with Crippen LogP contribution in [-0.2, 0) is 9.47 Å². The lowest BCUT2D eigenvalue weighted by molar-refractivity contribution is 0.0490. The molecule has 8 nitrogen and oxygen atoms in total. The van der Waals surface area contributed by atoms with Crippen molar-refractivity contribution in [3.05, 3.63) is 93.5 Å². The molecule has 0 unspecified atom stereocenters. The molecule has 0 heterocycles. The van der Waals surface area contributed by atoms with Gasteiger partial charge in [0.05, 0.1) is 35.5 Å². The lowest BCUT2D eigenvalue weighted by Gasteiger charge is -2.09. The van der Waals surface area contributed by atoms with E-state index in [1.165, 1.54) is 66.7 Å². The van der Waals surface area contributed by atoms with Crippen LogP contribution in [0.25, 0.3) is 0 Å². The summed E-state index contributed by atoms with van der Waals surface area (Å²) in [6.45, 7) is 4.72. The molecule has 0 fully saturated rings. The summed E-state index contributed by atoms with van der Waals surface area (Å²) in [5.41, 5.74) is 1.11. The van der Waals surface area contributed by atoms with E-state index in [2.05, 4.69) is 15.9 Å². The minimum absolute atomic E-state index is 0.195. The molecule has 0 bridgehead atoms. The highest BCUT2D eigenvalue weighted by molar-refractivity contribution is 9.10.